The van der Waals surface area contributed by atoms with E-state index >= 15 is 0 Å². The van der Waals surface area contributed by atoms with Crippen molar-refractivity contribution in [3.05, 3.63) is 35.8 Å². The fraction of sp³-hybridized carbons (Fsp3) is 0.500. The molecule has 1 aliphatic rings. The molecule has 2 heterocycles. The van der Waals surface area contributed by atoms with E-state index in [1.54, 1.807) is 19.2 Å². The highest BCUT2D eigenvalue weighted by Gasteiger charge is 2.14. The number of ether oxygens (including phenoxy) is 1. The van der Waals surface area contributed by atoms with Crippen LogP contribution in [0.3, 0.4) is 0 Å². The molecule has 24 heavy (non-hydrogen) atoms. The van der Waals surface area contributed by atoms with Crippen LogP contribution in [0.5, 0.6) is 0 Å². The van der Waals surface area contributed by atoms with Gasteiger partial charge in [-0.1, -0.05) is 0 Å². The second-order valence-corrected chi connectivity index (χ2v) is 6.10. The van der Waals surface area contributed by atoms with Crippen LogP contribution in [0.25, 0.3) is 10.9 Å². The summed E-state index contributed by atoms with van der Waals surface area (Å²) < 4.78 is 19.0. The first-order chi connectivity index (χ1) is 11.8. The standard InChI is InChI=1S/C18H25FN4O/c1-20-18(22-9-7-15-3-2-10-24-15)21-8-6-13-12-23-17-5-4-14(19)11-16(13)17/h4-5,11-12,15,23H,2-3,6-10H2,1H3,(H2,20,21,22). The van der Waals surface area contributed by atoms with Crippen molar-refractivity contribution in [1.82, 2.24) is 15.6 Å². The molecular weight excluding hydrogens is 307 g/mol. The molecule has 0 spiro atoms. The van der Waals surface area contributed by atoms with Crippen LogP contribution in [0, 0.1) is 5.82 Å². The van der Waals surface area contributed by atoms with Gasteiger partial charge >= 0.3 is 0 Å². The van der Waals surface area contributed by atoms with Crippen molar-refractivity contribution in [3.8, 4) is 0 Å². The Morgan fingerprint density at radius 1 is 1.38 bits per heavy atom. The Morgan fingerprint density at radius 3 is 3.04 bits per heavy atom. The van der Waals surface area contributed by atoms with E-state index in [0.29, 0.717) is 6.10 Å². The van der Waals surface area contributed by atoms with Gasteiger partial charge in [0.2, 0.25) is 0 Å². The Morgan fingerprint density at radius 2 is 2.25 bits per heavy atom. The maximum absolute atomic E-state index is 13.4. The lowest BCUT2D eigenvalue weighted by Crippen LogP contribution is -2.39. The molecule has 0 saturated carbocycles. The van der Waals surface area contributed by atoms with E-state index in [2.05, 4.69) is 20.6 Å². The summed E-state index contributed by atoms with van der Waals surface area (Å²) in [5, 5.41) is 7.56. The minimum atomic E-state index is -0.206. The molecule has 0 amide bonds. The van der Waals surface area contributed by atoms with Crippen LogP contribution in [-0.2, 0) is 11.2 Å². The zero-order chi connectivity index (χ0) is 16.8. The minimum Gasteiger partial charge on any atom is -0.378 e. The normalized spacial score (nSPS) is 18.2. The van der Waals surface area contributed by atoms with E-state index in [1.807, 2.05) is 6.20 Å². The van der Waals surface area contributed by atoms with Crippen molar-refractivity contribution in [2.45, 2.75) is 31.8 Å². The number of H-pyrrole nitrogens is 1. The van der Waals surface area contributed by atoms with Crippen molar-refractivity contribution in [1.29, 1.82) is 0 Å². The molecule has 1 unspecified atom stereocenters. The highest BCUT2D eigenvalue weighted by atomic mass is 19.1. The Labute approximate surface area is 141 Å². The predicted octanol–water partition coefficient (Wildman–Crippen LogP) is 2.58. The van der Waals surface area contributed by atoms with Gasteiger partial charge in [0.05, 0.1) is 6.10 Å². The summed E-state index contributed by atoms with van der Waals surface area (Å²) in [5.41, 5.74) is 2.07. The summed E-state index contributed by atoms with van der Waals surface area (Å²) in [5.74, 6) is 0.585. The van der Waals surface area contributed by atoms with Crippen LogP contribution in [-0.4, -0.2) is 43.8 Å². The lowest BCUT2D eigenvalue weighted by atomic mass is 10.1. The van der Waals surface area contributed by atoms with E-state index in [9.17, 15) is 4.39 Å². The molecule has 130 valence electrons. The molecule has 1 saturated heterocycles. The third-order valence-electron chi connectivity index (χ3n) is 4.42. The maximum atomic E-state index is 13.4. The molecule has 0 radical (unpaired) electrons. The van der Waals surface area contributed by atoms with Gasteiger partial charge in [-0.2, -0.15) is 0 Å². The average Bonchev–Trinajstić information content (AvgIpc) is 3.23. The summed E-state index contributed by atoms with van der Waals surface area (Å²) in [7, 11) is 1.77. The zero-order valence-corrected chi connectivity index (χ0v) is 14.1. The number of nitrogens with zero attached hydrogens (tertiary/aromatic N) is 1. The third kappa shape index (κ3) is 4.26. The summed E-state index contributed by atoms with van der Waals surface area (Å²) >= 11 is 0. The lowest BCUT2D eigenvalue weighted by molar-refractivity contribution is 0.105. The summed E-state index contributed by atoms with van der Waals surface area (Å²) in [6.45, 7) is 2.48. The number of halogens is 1. The van der Waals surface area contributed by atoms with Gasteiger partial charge in [0.25, 0.3) is 0 Å². The van der Waals surface area contributed by atoms with Gasteiger partial charge in [-0.15, -0.1) is 0 Å². The number of aliphatic imine (C=N–C) groups is 1. The van der Waals surface area contributed by atoms with Gasteiger partial charge in [0, 0.05) is 43.8 Å². The zero-order valence-electron chi connectivity index (χ0n) is 14.1. The molecule has 2 aromatic rings. The number of nitrogens with one attached hydrogen (secondary N) is 3. The first-order valence-electron chi connectivity index (χ1n) is 8.58. The summed E-state index contributed by atoms with van der Waals surface area (Å²) in [4.78, 5) is 7.41. The van der Waals surface area contributed by atoms with Gasteiger partial charge in [0.1, 0.15) is 5.82 Å². The molecule has 1 aromatic heterocycles. The smallest absolute Gasteiger partial charge is 0.190 e. The first-order valence-corrected chi connectivity index (χ1v) is 8.58. The van der Waals surface area contributed by atoms with E-state index in [-0.39, 0.29) is 5.82 Å². The maximum Gasteiger partial charge on any atom is 0.190 e. The molecule has 5 nitrogen and oxygen atoms in total. The number of aromatic amines is 1. The van der Waals surface area contributed by atoms with Crippen molar-refractivity contribution < 1.29 is 9.13 Å². The Hall–Kier alpha value is -2.08. The number of benzene rings is 1. The number of guanidine groups is 1. The van der Waals surface area contributed by atoms with Crippen LogP contribution in [0.2, 0.25) is 0 Å². The number of rotatable bonds is 6. The highest BCUT2D eigenvalue weighted by Crippen LogP contribution is 2.19. The molecule has 3 rings (SSSR count). The largest absolute Gasteiger partial charge is 0.378 e. The van der Waals surface area contributed by atoms with E-state index < -0.39 is 0 Å². The van der Waals surface area contributed by atoms with Crippen molar-refractivity contribution in [2.75, 3.05) is 26.7 Å². The van der Waals surface area contributed by atoms with E-state index in [1.165, 1.54) is 12.5 Å². The number of fused-ring (bicyclic) bond motifs is 1. The van der Waals surface area contributed by atoms with Gasteiger partial charge in [-0.25, -0.2) is 4.39 Å². The predicted molar refractivity (Wildman–Crippen MR) is 94.9 cm³/mol. The molecule has 3 N–H and O–H groups in total. The van der Waals surface area contributed by atoms with Crippen LogP contribution in [0.15, 0.2) is 29.4 Å². The lowest BCUT2D eigenvalue weighted by Gasteiger charge is -2.14. The molecule has 1 aromatic carbocycles. The van der Waals surface area contributed by atoms with E-state index in [0.717, 1.165) is 61.4 Å². The van der Waals surface area contributed by atoms with Crippen molar-refractivity contribution >= 4 is 16.9 Å². The second-order valence-electron chi connectivity index (χ2n) is 6.10. The topological polar surface area (TPSA) is 61.4 Å². The minimum absolute atomic E-state index is 0.206. The molecule has 0 aliphatic carbocycles. The Bertz CT molecular complexity index is 691. The van der Waals surface area contributed by atoms with Crippen LogP contribution in [0.4, 0.5) is 4.39 Å². The molecule has 0 bridgehead atoms. The van der Waals surface area contributed by atoms with Crippen molar-refractivity contribution in [2.24, 2.45) is 4.99 Å². The van der Waals surface area contributed by atoms with Crippen LogP contribution >= 0.6 is 0 Å². The number of aromatic nitrogens is 1. The monoisotopic (exact) mass is 332 g/mol. The number of hydrogen-bond donors (Lipinski definition) is 3. The fourth-order valence-corrected chi connectivity index (χ4v) is 3.12. The van der Waals surface area contributed by atoms with Crippen molar-refractivity contribution in [3.63, 3.8) is 0 Å². The summed E-state index contributed by atoms with van der Waals surface area (Å²) in [6.07, 6.45) is 6.46. The Balaban J connectivity index is 1.44. The van der Waals surface area contributed by atoms with Gasteiger partial charge in [-0.3, -0.25) is 4.99 Å². The summed E-state index contributed by atoms with van der Waals surface area (Å²) in [6, 6.07) is 4.82. The molecule has 1 fully saturated rings. The second kappa shape index (κ2) is 8.15. The highest BCUT2D eigenvalue weighted by molar-refractivity contribution is 5.83. The first kappa shape index (κ1) is 16.8. The average molecular weight is 332 g/mol. The molecule has 1 atom stereocenters. The van der Waals surface area contributed by atoms with Gasteiger partial charge in [-0.05, 0) is 49.4 Å². The fourth-order valence-electron chi connectivity index (χ4n) is 3.12. The van der Waals surface area contributed by atoms with Crippen LogP contribution in [0.1, 0.15) is 24.8 Å². The molecule has 1 aliphatic heterocycles. The SMILES string of the molecule is CN=C(NCCc1c[nH]c2ccc(F)cc12)NCCC1CCCO1. The third-order valence-corrected chi connectivity index (χ3v) is 4.42. The van der Waals surface area contributed by atoms with Gasteiger partial charge < -0.3 is 20.4 Å². The quantitative estimate of drug-likeness (QED) is 0.563. The number of hydrogen-bond acceptors (Lipinski definition) is 2. The molecule has 6 heteroatoms. The van der Waals surface area contributed by atoms with Gasteiger partial charge in [0.15, 0.2) is 5.96 Å². The van der Waals surface area contributed by atoms with E-state index in [4.69, 9.17) is 4.74 Å². The van der Waals surface area contributed by atoms with Crippen LogP contribution < -0.4 is 10.6 Å². The molecular formula is C18H25FN4O. The Kier molecular flexibility index (Phi) is 5.69.